The van der Waals surface area contributed by atoms with Gasteiger partial charge in [0.2, 0.25) is 0 Å². The van der Waals surface area contributed by atoms with Crippen molar-refractivity contribution in [2.24, 2.45) is 0 Å². The van der Waals surface area contributed by atoms with Gasteiger partial charge in [-0.3, -0.25) is 9.59 Å². The van der Waals surface area contributed by atoms with E-state index >= 15 is 0 Å². The molecule has 160 valence electrons. The van der Waals surface area contributed by atoms with Gasteiger partial charge in [-0.15, -0.1) is 5.10 Å². The first-order valence-electron chi connectivity index (χ1n) is 10.3. The van der Waals surface area contributed by atoms with Gasteiger partial charge in [-0.1, -0.05) is 18.1 Å². The molecule has 2 aromatic heterocycles. The van der Waals surface area contributed by atoms with Crippen LogP contribution in [0, 0.1) is 5.82 Å². The Bertz CT molecular complexity index is 902. The van der Waals surface area contributed by atoms with Crippen LogP contribution in [0.4, 0.5) is 4.39 Å². The number of hydrogen-bond acceptors (Lipinski definition) is 6. The third-order valence-corrected chi connectivity index (χ3v) is 5.85. The minimum Gasteiger partial charge on any atom is -0.388 e. The van der Waals surface area contributed by atoms with Gasteiger partial charge in [0.15, 0.2) is 5.69 Å². The molecular weight excluding hydrogens is 391 g/mol. The average Bonchev–Trinajstić information content (AvgIpc) is 3.40. The minimum atomic E-state index is -1.06. The smallest absolute Gasteiger partial charge is 0.273 e. The van der Waals surface area contributed by atoms with Crippen LogP contribution >= 0.6 is 0 Å². The van der Waals surface area contributed by atoms with Crippen molar-refractivity contribution in [2.45, 2.75) is 56.7 Å². The van der Waals surface area contributed by atoms with Gasteiger partial charge in [0.1, 0.15) is 11.5 Å². The third-order valence-electron chi connectivity index (χ3n) is 5.85. The molecule has 0 bridgehead atoms. The predicted molar refractivity (Wildman–Crippen MR) is 104 cm³/mol. The Labute approximate surface area is 173 Å². The zero-order valence-corrected chi connectivity index (χ0v) is 16.6. The minimum absolute atomic E-state index is 0.177. The number of hydrogen-bond donors (Lipinski definition) is 2. The molecule has 10 heteroatoms. The molecule has 1 saturated carbocycles. The molecule has 0 aromatic carbocycles. The van der Waals surface area contributed by atoms with E-state index in [9.17, 15) is 19.1 Å². The molecule has 0 unspecified atom stereocenters. The van der Waals surface area contributed by atoms with Gasteiger partial charge in [0.25, 0.3) is 11.8 Å². The second-order valence-corrected chi connectivity index (χ2v) is 8.13. The van der Waals surface area contributed by atoms with Gasteiger partial charge < -0.3 is 15.3 Å². The Morgan fingerprint density at radius 2 is 1.93 bits per heavy atom. The summed E-state index contributed by atoms with van der Waals surface area (Å²) in [6, 6.07) is 2.75. The second kappa shape index (κ2) is 8.47. The maximum Gasteiger partial charge on any atom is 0.273 e. The van der Waals surface area contributed by atoms with E-state index in [0.29, 0.717) is 25.9 Å². The largest absolute Gasteiger partial charge is 0.388 e. The highest BCUT2D eigenvalue weighted by Gasteiger charge is 2.35. The summed E-state index contributed by atoms with van der Waals surface area (Å²) >= 11 is 0. The zero-order chi connectivity index (χ0) is 21.1. The number of halogens is 1. The molecule has 1 aliphatic heterocycles. The summed E-state index contributed by atoms with van der Waals surface area (Å²) in [4.78, 5) is 30.2. The van der Waals surface area contributed by atoms with E-state index in [1.165, 1.54) is 16.8 Å². The van der Waals surface area contributed by atoms with Crippen LogP contribution in [-0.2, 0) is 6.54 Å². The number of carbonyl (C=O) groups is 2. The van der Waals surface area contributed by atoms with E-state index < -0.39 is 11.4 Å². The Balaban J connectivity index is 1.31. The van der Waals surface area contributed by atoms with Crippen LogP contribution in [0.2, 0.25) is 0 Å². The number of amides is 2. The molecule has 2 amide bonds. The van der Waals surface area contributed by atoms with Crippen LogP contribution in [0.15, 0.2) is 24.5 Å². The van der Waals surface area contributed by atoms with Crippen molar-refractivity contribution in [1.29, 1.82) is 0 Å². The Morgan fingerprint density at radius 1 is 1.20 bits per heavy atom. The predicted octanol–water partition coefficient (Wildman–Crippen LogP) is 1.15. The number of aromatic nitrogens is 4. The highest BCUT2D eigenvalue weighted by atomic mass is 19.1. The van der Waals surface area contributed by atoms with Gasteiger partial charge in [-0.2, -0.15) is 0 Å². The molecule has 4 rings (SSSR count). The third kappa shape index (κ3) is 4.64. The van der Waals surface area contributed by atoms with Gasteiger partial charge in [-0.05, 0) is 37.8 Å². The number of pyridine rings is 1. The van der Waals surface area contributed by atoms with Crippen LogP contribution < -0.4 is 5.32 Å². The molecular formula is C20H25FN6O3. The monoisotopic (exact) mass is 416 g/mol. The standard InChI is InChI=1S/C20H25FN6O3/c21-14-5-6-16(22-11-14)19(29)26-9-7-20(30,8-10-26)13-27-12-17(24-25-27)18(28)23-15-3-1-2-4-15/h5-6,11-12,15,30H,1-4,7-10,13H2,(H,23,28). The zero-order valence-electron chi connectivity index (χ0n) is 16.6. The molecule has 2 N–H and O–H groups in total. The Kier molecular flexibility index (Phi) is 5.76. The van der Waals surface area contributed by atoms with E-state index in [4.69, 9.17) is 0 Å². The molecule has 3 heterocycles. The Hall–Kier alpha value is -2.88. The lowest BCUT2D eigenvalue weighted by atomic mass is 9.91. The molecule has 2 aromatic rings. The molecule has 1 saturated heterocycles. The maximum atomic E-state index is 13.0. The second-order valence-electron chi connectivity index (χ2n) is 8.13. The van der Waals surface area contributed by atoms with Crippen molar-refractivity contribution in [1.82, 2.24) is 30.2 Å². The quantitative estimate of drug-likeness (QED) is 0.756. The summed E-state index contributed by atoms with van der Waals surface area (Å²) in [7, 11) is 0. The fourth-order valence-electron chi connectivity index (χ4n) is 4.06. The first kappa shape index (κ1) is 20.4. The maximum absolute atomic E-state index is 13.0. The lowest BCUT2D eigenvalue weighted by Gasteiger charge is -2.37. The lowest BCUT2D eigenvalue weighted by Crippen LogP contribution is -2.48. The first-order valence-corrected chi connectivity index (χ1v) is 10.3. The van der Waals surface area contributed by atoms with Crippen molar-refractivity contribution in [3.8, 4) is 0 Å². The van der Waals surface area contributed by atoms with E-state index in [-0.39, 0.29) is 35.8 Å². The van der Waals surface area contributed by atoms with Crippen LogP contribution in [-0.4, -0.2) is 66.5 Å². The molecule has 30 heavy (non-hydrogen) atoms. The van der Waals surface area contributed by atoms with Gasteiger partial charge in [0, 0.05) is 19.1 Å². The topological polar surface area (TPSA) is 113 Å². The molecule has 9 nitrogen and oxygen atoms in total. The lowest BCUT2D eigenvalue weighted by molar-refractivity contribution is -0.0319. The normalized spacial score (nSPS) is 19.1. The summed E-state index contributed by atoms with van der Waals surface area (Å²) in [6.07, 6.45) is 7.49. The van der Waals surface area contributed by atoms with Crippen molar-refractivity contribution in [2.75, 3.05) is 13.1 Å². The number of nitrogens with zero attached hydrogens (tertiary/aromatic N) is 5. The fraction of sp³-hybridized carbons (Fsp3) is 0.550. The van der Waals surface area contributed by atoms with Crippen LogP contribution in [0.25, 0.3) is 0 Å². The average molecular weight is 416 g/mol. The number of nitrogens with one attached hydrogen (secondary N) is 1. The number of rotatable bonds is 5. The first-order chi connectivity index (χ1) is 14.4. The van der Waals surface area contributed by atoms with Crippen LogP contribution in [0.3, 0.4) is 0 Å². The summed E-state index contributed by atoms with van der Waals surface area (Å²) in [5.74, 6) is -1.03. The van der Waals surface area contributed by atoms with E-state index in [1.807, 2.05) is 0 Å². The van der Waals surface area contributed by atoms with Crippen LogP contribution in [0.1, 0.15) is 59.5 Å². The number of aliphatic hydroxyl groups is 1. The highest BCUT2D eigenvalue weighted by molar-refractivity contribution is 5.92. The van der Waals surface area contributed by atoms with E-state index in [0.717, 1.165) is 31.9 Å². The molecule has 0 radical (unpaired) electrons. The summed E-state index contributed by atoms with van der Waals surface area (Å²) in [5.41, 5.74) is -0.642. The molecule has 1 aliphatic carbocycles. The number of piperidine rings is 1. The van der Waals surface area contributed by atoms with E-state index in [2.05, 4.69) is 20.6 Å². The SMILES string of the molecule is O=C(NC1CCCC1)c1cn(CC2(O)CCN(C(=O)c3ccc(F)cn3)CC2)nn1. The highest BCUT2D eigenvalue weighted by Crippen LogP contribution is 2.25. The van der Waals surface area contributed by atoms with Crippen molar-refractivity contribution in [3.63, 3.8) is 0 Å². The molecule has 2 fully saturated rings. The number of carbonyl (C=O) groups excluding carboxylic acids is 2. The molecule has 0 spiro atoms. The Morgan fingerprint density at radius 3 is 2.60 bits per heavy atom. The fourth-order valence-corrected chi connectivity index (χ4v) is 4.06. The van der Waals surface area contributed by atoms with Crippen molar-refractivity contribution >= 4 is 11.8 Å². The van der Waals surface area contributed by atoms with Gasteiger partial charge >= 0.3 is 0 Å². The van der Waals surface area contributed by atoms with Crippen LogP contribution in [0.5, 0.6) is 0 Å². The van der Waals surface area contributed by atoms with Gasteiger partial charge in [0.05, 0.1) is 24.5 Å². The number of likely N-dealkylation sites (tertiary alicyclic amines) is 1. The molecule has 0 atom stereocenters. The molecule has 2 aliphatic rings. The van der Waals surface area contributed by atoms with Gasteiger partial charge in [-0.25, -0.2) is 14.1 Å². The summed E-state index contributed by atoms with van der Waals surface area (Å²) < 4.78 is 14.5. The summed E-state index contributed by atoms with van der Waals surface area (Å²) in [5, 5.41) is 21.8. The van der Waals surface area contributed by atoms with E-state index in [1.54, 1.807) is 11.1 Å². The van der Waals surface area contributed by atoms with Crippen molar-refractivity contribution < 1.29 is 19.1 Å². The van der Waals surface area contributed by atoms with Crippen molar-refractivity contribution in [3.05, 3.63) is 41.7 Å². The summed E-state index contributed by atoms with van der Waals surface area (Å²) in [6.45, 7) is 0.879.